The van der Waals surface area contributed by atoms with E-state index in [9.17, 15) is 13.2 Å². The molecule has 0 aliphatic rings. The molecule has 94 valence electrons. The van der Waals surface area contributed by atoms with Crippen LogP contribution in [0.25, 0.3) is 0 Å². The third kappa shape index (κ3) is 4.82. The molecule has 0 saturated carbocycles. The molecule has 0 aliphatic carbocycles. The molecule has 0 atom stereocenters. The zero-order valence-corrected chi connectivity index (χ0v) is 10.3. The highest BCUT2D eigenvalue weighted by Crippen LogP contribution is 2.29. The molecule has 0 N–H and O–H groups in total. The molecule has 0 spiro atoms. The summed E-state index contributed by atoms with van der Waals surface area (Å²) in [7, 11) is 0. The van der Waals surface area contributed by atoms with E-state index < -0.39 is 11.7 Å². The molecule has 1 aromatic rings. The molecule has 4 heteroatoms. The first-order valence-electron chi connectivity index (χ1n) is 5.31. The van der Waals surface area contributed by atoms with Crippen LogP contribution in [0.3, 0.4) is 0 Å². The van der Waals surface area contributed by atoms with E-state index in [-0.39, 0.29) is 0 Å². The van der Waals surface area contributed by atoms with Crippen LogP contribution in [-0.4, -0.2) is 5.88 Å². The highest BCUT2D eigenvalue weighted by atomic mass is 35.5. The van der Waals surface area contributed by atoms with E-state index >= 15 is 0 Å². The van der Waals surface area contributed by atoms with Gasteiger partial charge in [0.25, 0.3) is 0 Å². The number of allylic oxidation sites excluding steroid dienone is 2. The molecule has 17 heavy (non-hydrogen) atoms. The average molecular weight is 263 g/mol. The fourth-order valence-electron chi connectivity index (χ4n) is 1.55. The van der Waals surface area contributed by atoms with Crippen molar-refractivity contribution in [1.82, 2.24) is 0 Å². The van der Waals surface area contributed by atoms with Gasteiger partial charge in [-0.05, 0) is 31.4 Å². The van der Waals surface area contributed by atoms with E-state index in [2.05, 4.69) is 0 Å². The second-order valence-electron chi connectivity index (χ2n) is 3.90. The number of alkyl halides is 4. The van der Waals surface area contributed by atoms with Gasteiger partial charge in [-0.1, -0.05) is 29.8 Å². The van der Waals surface area contributed by atoms with Crippen LogP contribution in [-0.2, 0) is 12.6 Å². The number of hydrogen-bond donors (Lipinski definition) is 0. The van der Waals surface area contributed by atoms with Gasteiger partial charge in [0.15, 0.2) is 0 Å². The van der Waals surface area contributed by atoms with E-state index in [0.717, 1.165) is 18.1 Å². The average Bonchev–Trinajstić information content (AvgIpc) is 2.25. The predicted octanol–water partition coefficient (Wildman–Crippen LogP) is 4.82. The molecular weight excluding hydrogens is 249 g/mol. The molecule has 0 radical (unpaired) electrons. The Morgan fingerprint density at radius 3 is 2.65 bits per heavy atom. The monoisotopic (exact) mass is 262 g/mol. The number of hydrogen-bond acceptors (Lipinski definition) is 0. The van der Waals surface area contributed by atoms with Gasteiger partial charge in [-0.3, -0.25) is 0 Å². The summed E-state index contributed by atoms with van der Waals surface area (Å²) in [5, 5.41) is 0. The third-order valence-corrected chi connectivity index (χ3v) is 2.56. The zero-order valence-electron chi connectivity index (χ0n) is 9.52. The van der Waals surface area contributed by atoms with E-state index in [4.69, 9.17) is 11.6 Å². The fraction of sp³-hybridized carbons (Fsp3) is 0.385. The van der Waals surface area contributed by atoms with Gasteiger partial charge in [-0.25, -0.2) is 0 Å². The molecule has 0 fully saturated rings. The first-order valence-corrected chi connectivity index (χ1v) is 5.84. The van der Waals surface area contributed by atoms with Gasteiger partial charge in [-0.2, -0.15) is 13.2 Å². The van der Waals surface area contributed by atoms with Crippen molar-refractivity contribution in [1.29, 1.82) is 0 Å². The van der Waals surface area contributed by atoms with Crippen molar-refractivity contribution in [2.24, 2.45) is 0 Å². The lowest BCUT2D eigenvalue weighted by Crippen LogP contribution is -2.05. The Balaban J connectivity index is 2.79. The van der Waals surface area contributed by atoms with Crippen molar-refractivity contribution in [2.45, 2.75) is 25.9 Å². The van der Waals surface area contributed by atoms with Crippen molar-refractivity contribution < 1.29 is 13.2 Å². The van der Waals surface area contributed by atoms with Gasteiger partial charge in [0, 0.05) is 5.88 Å². The van der Waals surface area contributed by atoms with Gasteiger partial charge in [0.05, 0.1) is 5.56 Å². The van der Waals surface area contributed by atoms with Crippen molar-refractivity contribution in [2.75, 3.05) is 5.88 Å². The van der Waals surface area contributed by atoms with Crippen LogP contribution < -0.4 is 0 Å². The summed E-state index contributed by atoms with van der Waals surface area (Å²) in [4.78, 5) is 0. The molecule has 0 unspecified atom stereocenters. The Labute approximate surface area is 104 Å². The Kier molecular flexibility index (Phi) is 5.06. The maximum atomic E-state index is 12.5. The molecule has 1 rings (SSSR count). The lowest BCUT2D eigenvalue weighted by Gasteiger charge is -2.08. The van der Waals surface area contributed by atoms with Crippen LogP contribution in [0, 0.1) is 0 Å². The summed E-state index contributed by atoms with van der Waals surface area (Å²) in [6.07, 6.45) is -1.05. The van der Waals surface area contributed by atoms with E-state index in [1.165, 1.54) is 12.1 Å². The van der Waals surface area contributed by atoms with E-state index in [1.54, 1.807) is 6.07 Å². The molecule has 0 aliphatic heterocycles. The normalized spacial score (nSPS) is 12.9. The van der Waals surface area contributed by atoms with Crippen LogP contribution >= 0.6 is 11.6 Å². The summed E-state index contributed by atoms with van der Waals surface area (Å²) in [5.41, 5.74) is 1.10. The van der Waals surface area contributed by atoms with Crippen molar-refractivity contribution in [3.63, 3.8) is 0 Å². The highest BCUT2D eigenvalue weighted by Gasteiger charge is 2.30. The van der Waals surface area contributed by atoms with Crippen molar-refractivity contribution in [3.8, 4) is 0 Å². The molecule has 1 aromatic carbocycles. The van der Waals surface area contributed by atoms with E-state index in [1.807, 2.05) is 13.0 Å². The molecule has 0 saturated heterocycles. The van der Waals surface area contributed by atoms with Gasteiger partial charge in [-0.15, -0.1) is 11.6 Å². The minimum Gasteiger partial charge on any atom is -0.166 e. The lowest BCUT2D eigenvalue weighted by molar-refractivity contribution is -0.137. The standard InChI is InChI=1S/C13H14ClF3/c1-10(4-3-7-14)8-11-5-2-6-12(9-11)13(15,16)17/h2,4-6,9H,3,7-8H2,1H3. The lowest BCUT2D eigenvalue weighted by atomic mass is 10.0. The molecular formula is C13H14ClF3. The Bertz CT molecular complexity index is 394. The third-order valence-electron chi connectivity index (χ3n) is 2.34. The Morgan fingerprint density at radius 1 is 1.35 bits per heavy atom. The quantitative estimate of drug-likeness (QED) is 0.539. The minimum absolute atomic E-state index is 0.528. The van der Waals surface area contributed by atoms with Crippen LogP contribution in [0.15, 0.2) is 35.9 Å². The number of halogens is 4. The fourth-order valence-corrected chi connectivity index (χ4v) is 1.66. The molecule has 0 heterocycles. The second kappa shape index (κ2) is 6.10. The predicted molar refractivity (Wildman–Crippen MR) is 64.2 cm³/mol. The number of rotatable bonds is 4. The summed E-state index contributed by atoms with van der Waals surface area (Å²) in [6, 6.07) is 5.42. The summed E-state index contributed by atoms with van der Waals surface area (Å²) in [6.45, 7) is 1.90. The Morgan fingerprint density at radius 2 is 2.06 bits per heavy atom. The van der Waals surface area contributed by atoms with Crippen LogP contribution in [0.4, 0.5) is 13.2 Å². The number of benzene rings is 1. The zero-order chi connectivity index (χ0) is 12.9. The van der Waals surface area contributed by atoms with Gasteiger partial charge in [0.2, 0.25) is 0 Å². The van der Waals surface area contributed by atoms with Gasteiger partial charge in [0.1, 0.15) is 0 Å². The van der Waals surface area contributed by atoms with Crippen LogP contribution in [0.1, 0.15) is 24.5 Å². The molecule has 0 aromatic heterocycles. The molecule has 0 bridgehead atoms. The first kappa shape index (κ1) is 14.1. The highest BCUT2D eigenvalue weighted by molar-refractivity contribution is 6.17. The molecule has 0 nitrogen and oxygen atoms in total. The summed E-state index contributed by atoms with van der Waals surface area (Å²) < 4.78 is 37.4. The maximum absolute atomic E-state index is 12.5. The van der Waals surface area contributed by atoms with Crippen molar-refractivity contribution in [3.05, 3.63) is 47.0 Å². The maximum Gasteiger partial charge on any atom is 0.416 e. The van der Waals surface area contributed by atoms with Gasteiger partial charge >= 0.3 is 6.18 Å². The first-order chi connectivity index (χ1) is 7.93. The topological polar surface area (TPSA) is 0 Å². The minimum atomic E-state index is -4.27. The Hall–Kier alpha value is -0.960. The smallest absolute Gasteiger partial charge is 0.166 e. The SMILES string of the molecule is CC(=CCCCl)Cc1cccc(C(F)(F)F)c1. The van der Waals surface area contributed by atoms with Crippen molar-refractivity contribution >= 4 is 11.6 Å². The molecule has 0 amide bonds. The van der Waals surface area contributed by atoms with Crippen LogP contribution in [0.5, 0.6) is 0 Å². The van der Waals surface area contributed by atoms with E-state index in [0.29, 0.717) is 17.9 Å². The van der Waals surface area contributed by atoms with Crippen LogP contribution in [0.2, 0.25) is 0 Å². The summed E-state index contributed by atoms with van der Waals surface area (Å²) in [5.74, 6) is 0.528. The summed E-state index contributed by atoms with van der Waals surface area (Å²) >= 11 is 5.54. The largest absolute Gasteiger partial charge is 0.416 e. The second-order valence-corrected chi connectivity index (χ2v) is 4.28. The van der Waals surface area contributed by atoms with Gasteiger partial charge < -0.3 is 0 Å².